The van der Waals surface area contributed by atoms with Crippen LogP contribution < -0.4 is 20.1 Å². The molecule has 0 saturated carbocycles. The second-order valence-electron chi connectivity index (χ2n) is 8.26. The molecule has 0 spiro atoms. The highest BCUT2D eigenvalue weighted by atomic mass is 32.1. The molecule has 1 aliphatic heterocycles. The largest absolute Gasteiger partial charge is 0.493 e. The number of thiocarbonyl (C=S) groups is 1. The second-order valence-corrected chi connectivity index (χ2v) is 8.67. The van der Waals surface area contributed by atoms with Crippen LogP contribution in [0.25, 0.3) is 0 Å². The number of benzene rings is 2. The molecule has 0 radical (unpaired) electrons. The monoisotopic (exact) mass is 445 g/mol. The number of halogens is 1. The van der Waals surface area contributed by atoms with Crippen LogP contribution in [0.1, 0.15) is 43.5 Å². The van der Waals surface area contributed by atoms with Crippen molar-refractivity contribution in [3.8, 4) is 11.5 Å². The molecule has 0 amide bonds. The Bertz CT molecular complexity index is 904. The first kappa shape index (κ1) is 23.3. The minimum atomic E-state index is -0.221. The van der Waals surface area contributed by atoms with Crippen molar-refractivity contribution >= 4 is 17.3 Å². The molecule has 1 aliphatic rings. The summed E-state index contributed by atoms with van der Waals surface area (Å²) in [5, 5.41) is 7.36. The van der Waals surface area contributed by atoms with Gasteiger partial charge in [-0.25, -0.2) is 4.39 Å². The van der Waals surface area contributed by atoms with Crippen LogP contribution in [-0.4, -0.2) is 42.9 Å². The molecule has 2 aromatic rings. The zero-order chi connectivity index (χ0) is 22.5. The Labute approximate surface area is 189 Å². The lowest BCUT2D eigenvalue weighted by Crippen LogP contribution is -2.50. The first-order valence-corrected chi connectivity index (χ1v) is 11.0. The van der Waals surface area contributed by atoms with Gasteiger partial charge in [-0.3, -0.25) is 4.90 Å². The molecule has 0 aromatic heterocycles. The fourth-order valence-corrected chi connectivity index (χ4v) is 4.63. The molecule has 2 atom stereocenters. The fourth-order valence-electron chi connectivity index (χ4n) is 4.21. The van der Waals surface area contributed by atoms with Crippen molar-refractivity contribution in [3.05, 3.63) is 58.9 Å². The molecule has 2 aromatic carbocycles. The maximum Gasteiger partial charge on any atom is 0.166 e. The quantitative estimate of drug-likeness (QED) is 0.623. The van der Waals surface area contributed by atoms with Gasteiger partial charge in [-0.1, -0.05) is 12.1 Å². The van der Waals surface area contributed by atoms with E-state index in [1.54, 1.807) is 14.2 Å². The summed E-state index contributed by atoms with van der Waals surface area (Å²) in [4.78, 5) is 2.41. The summed E-state index contributed by atoms with van der Waals surface area (Å²) >= 11 is 5.52. The standard InChI is InChI=1S/C24H32FN3O2S/c1-15(2)26-24(31)27-16(3)23-20-13-22(30-5)21(29-4)12-18(20)10-11-28(23)14-17-6-8-19(25)9-7-17/h6-9,12-13,15-16,23H,10-11,14H2,1-5H3,(H2,26,27,31). The molecule has 168 valence electrons. The van der Waals surface area contributed by atoms with E-state index in [9.17, 15) is 4.39 Å². The third kappa shape index (κ3) is 5.66. The summed E-state index contributed by atoms with van der Waals surface area (Å²) in [6, 6.07) is 11.2. The summed E-state index contributed by atoms with van der Waals surface area (Å²) < 4.78 is 24.5. The third-order valence-electron chi connectivity index (χ3n) is 5.58. The molecule has 3 rings (SSSR count). The predicted molar refractivity (Wildman–Crippen MR) is 126 cm³/mol. The normalized spacial score (nSPS) is 17.1. The molecule has 2 N–H and O–H groups in total. The first-order valence-electron chi connectivity index (χ1n) is 10.6. The van der Waals surface area contributed by atoms with Gasteiger partial charge in [-0.15, -0.1) is 0 Å². The van der Waals surface area contributed by atoms with Gasteiger partial charge in [0, 0.05) is 25.2 Å². The van der Waals surface area contributed by atoms with Gasteiger partial charge in [0.1, 0.15) is 5.82 Å². The number of nitrogens with one attached hydrogen (secondary N) is 2. The zero-order valence-corrected chi connectivity index (χ0v) is 19.7. The Morgan fingerprint density at radius 1 is 1.10 bits per heavy atom. The minimum absolute atomic E-state index is 0.0383. The lowest BCUT2D eigenvalue weighted by Gasteiger charge is -2.41. The van der Waals surface area contributed by atoms with E-state index in [-0.39, 0.29) is 23.9 Å². The lowest BCUT2D eigenvalue weighted by molar-refractivity contribution is 0.149. The second kappa shape index (κ2) is 10.3. The SMILES string of the molecule is COc1cc2c(cc1OC)C(C(C)NC(=S)NC(C)C)N(Cc1ccc(F)cc1)CC2. The Morgan fingerprint density at radius 2 is 1.74 bits per heavy atom. The number of methoxy groups -OCH3 is 2. The van der Waals surface area contributed by atoms with Crippen LogP contribution >= 0.6 is 12.2 Å². The fraction of sp³-hybridized carbons (Fsp3) is 0.458. The molecule has 7 heteroatoms. The van der Waals surface area contributed by atoms with Crippen LogP contribution in [-0.2, 0) is 13.0 Å². The van der Waals surface area contributed by atoms with Gasteiger partial charge in [-0.2, -0.15) is 0 Å². The molecule has 5 nitrogen and oxygen atoms in total. The van der Waals surface area contributed by atoms with Crippen LogP contribution in [0.5, 0.6) is 11.5 Å². The zero-order valence-electron chi connectivity index (χ0n) is 18.9. The molecule has 31 heavy (non-hydrogen) atoms. The van der Waals surface area contributed by atoms with Crippen molar-refractivity contribution in [2.75, 3.05) is 20.8 Å². The molecular weight excluding hydrogens is 413 g/mol. The summed E-state index contributed by atoms with van der Waals surface area (Å²) in [6.07, 6.45) is 0.898. The first-order chi connectivity index (χ1) is 14.8. The number of ether oxygens (including phenoxy) is 2. The molecule has 0 fully saturated rings. The van der Waals surface area contributed by atoms with Gasteiger partial charge >= 0.3 is 0 Å². The van der Waals surface area contributed by atoms with Crippen molar-refractivity contribution in [1.29, 1.82) is 0 Å². The Balaban J connectivity index is 1.95. The molecule has 0 saturated heterocycles. The Hall–Kier alpha value is -2.38. The van der Waals surface area contributed by atoms with E-state index in [2.05, 4.69) is 48.4 Å². The van der Waals surface area contributed by atoms with Crippen molar-refractivity contribution in [1.82, 2.24) is 15.5 Å². The number of hydrogen-bond donors (Lipinski definition) is 2. The van der Waals surface area contributed by atoms with E-state index in [0.29, 0.717) is 10.9 Å². The highest BCUT2D eigenvalue weighted by Crippen LogP contribution is 2.40. The Morgan fingerprint density at radius 3 is 2.35 bits per heavy atom. The van der Waals surface area contributed by atoms with Crippen LogP contribution in [0.2, 0.25) is 0 Å². The predicted octanol–water partition coefficient (Wildman–Crippen LogP) is 4.20. The smallest absolute Gasteiger partial charge is 0.166 e. The van der Waals surface area contributed by atoms with Crippen LogP contribution in [0.4, 0.5) is 4.39 Å². The summed E-state index contributed by atoms with van der Waals surface area (Å²) in [7, 11) is 3.31. The molecule has 1 heterocycles. The van der Waals surface area contributed by atoms with Gasteiger partial charge < -0.3 is 20.1 Å². The van der Waals surface area contributed by atoms with E-state index in [1.807, 2.05) is 12.1 Å². The number of rotatable bonds is 7. The van der Waals surface area contributed by atoms with E-state index < -0.39 is 0 Å². The van der Waals surface area contributed by atoms with E-state index >= 15 is 0 Å². The topological polar surface area (TPSA) is 45.8 Å². The molecular formula is C24H32FN3O2S. The number of nitrogens with zero attached hydrogens (tertiary/aromatic N) is 1. The molecule has 0 aliphatic carbocycles. The summed E-state index contributed by atoms with van der Waals surface area (Å²) in [6.45, 7) is 7.86. The molecule has 2 unspecified atom stereocenters. The van der Waals surface area contributed by atoms with Crippen LogP contribution in [0.3, 0.4) is 0 Å². The minimum Gasteiger partial charge on any atom is -0.493 e. The summed E-state index contributed by atoms with van der Waals surface area (Å²) in [5.74, 6) is 1.23. The lowest BCUT2D eigenvalue weighted by atomic mass is 9.87. The van der Waals surface area contributed by atoms with Gasteiger partial charge in [0.25, 0.3) is 0 Å². The van der Waals surface area contributed by atoms with Gasteiger partial charge in [0.2, 0.25) is 0 Å². The highest BCUT2D eigenvalue weighted by molar-refractivity contribution is 7.80. The highest BCUT2D eigenvalue weighted by Gasteiger charge is 2.33. The number of hydrogen-bond acceptors (Lipinski definition) is 4. The van der Waals surface area contributed by atoms with Crippen molar-refractivity contribution in [3.63, 3.8) is 0 Å². The average Bonchev–Trinajstić information content (AvgIpc) is 2.73. The van der Waals surface area contributed by atoms with E-state index in [4.69, 9.17) is 21.7 Å². The van der Waals surface area contributed by atoms with E-state index in [1.165, 1.54) is 23.3 Å². The average molecular weight is 446 g/mol. The number of fused-ring (bicyclic) bond motifs is 1. The van der Waals surface area contributed by atoms with Crippen molar-refractivity contribution < 1.29 is 13.9 Å². The van der Waals surface area contributed by atoms with Gasteiger partial charge in [0.05, 0.1) is 20.3 Å². The summed E-state index contributed by atoms with van der Waals surface area (Å²) in [5.41, 5.74) is 3.51. The van der Waals surface area contributed by atoms with Gasteiger partial charge in [-0.05, 0) is 80.4 Å². The van der Waals surface area contributed by atoms with E-state index in [0.717, 1.165) is 30.8 Å². The maximum atomic E-state index is 13.4. The molecule has 0 bridgehead atoms. The van der Waals surface area contributed by atoms with Crippen LogP contribution in [0.15, 0.2) is 36.4 Å². The third-order valence-corrected chi connectivity index (χ3v) is 5.81. The Kier molecular flexibility index (Phi) is 7.73. The van der Waals surface area contributed by atoms with Crippen molar-refractivity contribution in [2.24, 2.45) is 0 Å². The van der Waals surface area contributed by atoms with Crippen molar-refractivity contribution in [2.45, 2.75) is 51.9 Å². The van der Waals surface area contributed by atoms with Crippen LogP contribution in [0, 0.1) is 5.82 Å². The van der Waals surface area contributed by atoms with Gasteiger partial charge in [0.15, 0.2) is 16.6 Å². The maximum absolute atomic E-state index is 13.4.